The van der Waals surface area contributed by atoms with Crippen LogP contribution in [-0.2, 0) is 9.53 Å². The SMILES string of the molecule is O=C(OCC1c2ccccc2-c2ccccc21)N1CCCN(C2(C(=O)O)CC2)CC1. The van der Waals surface area contributed by atoms with E-state index in [-0.39, 0.29) is 12.0 Å². The highest BCUT2D eigenvalue weighted by molar-refractivity contribution is 5.82. The number of carbonyl (C=O) groups is 2. The first kappa shape index (κ1) is 19.1. The maximum absolute atomic E-state index is 12.8. The first-order valence-electron chi connectivity index (χ1n) is 10.7. The van der Waals surface area contributed by atoms with Gasteiger partial charge in [0.1, 0.15) is 12.1 Å². The van der Waals surface area contributed by atoms with E-state index in [1.54, 1.807) is 4.90 Å². The standard InChI is InChI=1S/C24H26N2O4/c27-22(28)24(10-11-24)26-13-5-12-25(14-15-26)23(29)30-16-21-19-8-3-1-6-17(19)18-7-2-4-9-20(18)21/h1-4,6-9,21H,5,10-16H2,(H,27,28). The van der Waals surface area contributed by atoms with E-state index in [2.05, 4.69) is 24.3 Å². The maximum atomic E-state index is 12.8. The minimum atomic E-state index is -0.739. The summed E-state index contributed by atoms with van der Waals surface area (Å²) in [4.78, 5) is 28.2. The molecule has 0 atom stereocenters. The van der Waals surface area contributed by atoms with Crippen LogP contribution in [-0.4, -0.2) is 65.3 Å². The molecular weight excluding hydrogens is 380 g/mol. The van der Waals surface area contributed by atoms with Crippen molar-refractivity contribution in [3.05, 3.63) is 59.7 Å². The van der Waals surface area contributed by atoms with E-state index in [4.69, 9.17) is 4.74 Å². The molecule has 0 radical (unpaired) electrons. The van der Waals surface area contributed by atoms with Crippen LogP contribution in [0.2, 0.25) is 0 Å². The highest BCUT2D eigenvalue weighted by Gasteiger charge is 2.55. The summed E-state index contributed by atoms with van der Waals surface area (Å²) >= 11 is 0. The number of hydrogen-bond acceptors (Lipinski definition) is 4. The number of carboxylic acids is 1. The number of aliphatic carboxylic acids is 1. The molecule has 3 aliphatic rings. The molecule has 2 aromatic rings. The molecule has 5 rings (SSSR count). The Labute approximate surface area is 176 Å². The summed E-state index contributed by atoms with van der Waals surface area (Å²) < 4.78 is 5.77. The maximum Gasteiger partial charge on any atom is 0.409 e. The summed E-state index contributed by atoms with van der Waals surface area (Å²) in [5.41, 5.74) is 4.12. The number of hydrogen-bond donors (Lipinski definition) is 1. The lowest BCUT2D eigenvalue weighted by atomic mass is 9.98. The van der Waals surface area contributed by atoms with Gasteiger partial charge in [-0.25, -0.2) is 4.79 Å². The van der Waals surface area contributed by atoms with E-state index < -0.39 is 11.5 Å². The monoisotopic (exact) mass is 406 g/mol. The largest absolute Gasteiger partial charge is 0.480 e. The molecule has 1 N–H and O–H groups in total. The molecule has 0 spiro atoms. The van der Waals surface area contributed by atoms with Crippen LogP contribution >= 0.6 is 0 Å². The predicted molar refractivity (Wildman–Crippen MR) is 112 cm³/mol. The molecular formula is C24H26N2O4. The fourth-order valence-electron chi connectivity index (χ4n) is 5.00. The van der Waals surface area contributed by atoms with Crippen LogP contribution in [0, 0.1) is 0 Å². The number of amides is 1. The Kier molecular flexibility index (Phi) is 4.74. The van der Waals surface area contributed by atoms with Gasteiger partial charge >= 0.3 is 12.1 Å². The molecule has 6 nitrogen and oxygen atoms in total. The van der Waals surface area contributed by atoms with E-state index >= 15 is 0 Å². The summed E-state index contributed by atoms with van der Waals surface area (Å²) in [7, 11) is 0. The van der Waals surface area contributed by atoms with Crippen molar-refractivity contribution in [3.63, 3.8) is 0 Å². The second kappa shape index (κ2) is 7.43. The molecule has 0 aromatic heterocycles. The van der Waals surface area contributed by atoms with Crippen LogP contribution in [0.1, 0.15) is 36.3 Å². The molecule has 0 unspecified atom stereocenters. The Morgan fingerprint density at radius 2 is 1.57 bits per heavy atom. The normalized spacial score (nSPS) is 20.2. The first-order chi connectivity index (χ1) is 14.6. The molecule has 2 fully saturated rings. The quantitative estimate of drug-likeness (QED) is 0.841. The highest BCUT2D eigenvalue weighted by Crippen LogP contribution is 2.45. The van der Waals surface area contributed by atoms with Crippen LogP contribution in [0.4, 0.5) is 4.79 Å². The van der Waals surface area contributed by atoms with E-state index in [1.807, 2.05) is 29.2 Å². The van der Waals surface area contributed by atoms with E-state index in [0.29, 0.717) is 45.6 Å². The summed E-state index contributed by atoms with van der Waals surface area (Å²) in [5, 5.41) is 9.54. The summed E-state index contributed by atoms with van der Waals surface area (Å²) in [6, 6.07) is 16.6. The number of fused-ring (bicyclic) bond motifs is 3. The number of nitrogens with zero attached hydrogens (tertiary/aromatic N) is 2. The Bertz CT molecular complexity index is 939. The molecule has 1 heterocycles. The van der Waals surface area contributed by atoms with Crippen molar-refractivity contribution in [1.29, 1.82) is 0 Å². The van der Waals surface area contributed by atoms with Crippen LogP contribution in [0.3, 0.4) is 0 Å². The molecule has 1 saturated carbocycles. The number of benzene rings is 2. The second-order valence-electron chi connectivity index (χ2n) is 8.47. The zero-order chi connectivity index (χ0) is 20.7. The summed E-state index contributed by atoms with van der Waals surface area (Å²) in [6.45, 7) is 2.71. The number of carbonyl (C=O) groups excluding carboxylic acids is 1. The van der Waals surface area contributed by atoms with Crippen molar-refractivity contribution in [3.8, 4) is 11.1 Å². The van der Waals surface area contributed by atoms with Gasteiger partial charge in [-0.3, -0.25) is 9.69 Å². The van der Waals surface area contributed by atoms with Gasteiger partial charge in [0.25, 0.3) is 0 Å². The number of carboxylic acid groups (broad SMARTS) is 1. The van der Waals surface area contributed by atoms with Gasteiger partial charge in [-0.05, 0) is 41.5 Å². The third-order valence-electron chi connectivity index (χ3n) is 6.82. The summed E-state index contributed by atoms with van der Waals surface area (Å²) in [5.74, 6) is -0.691. The summed E-state index contributed by atoms with van der Waals surface area (Å²) in [6.07, 6.45) is 1.86. The lowest BCUT2D eigenvalue weighted by Gasteiger charge is -2.27. The van der Waals surface area contributed by atoms with Crippen LogP contribution in [0.15, 0.2) is 48.5 Å². The molecule has 2 aromatic carbocycles. The second-order valence-corrected chi connectivity index (χ2v) is 8.47. The van der Waals surface area contributed by atoms with Crippen LogP contribution in [0.25, 0.3) is 11.1 Å². The van der Waals surface area contributed by atoms with Gasteiger partial charge in [-0.15, -0.1) is 0 Å². The van der Waals surface area contributed by atoms with Crippen LogP contribution < -0.4 is 0 Å². The average molecular weight is 406 g/mol. The van der Waals surface area contributed by atoms with E-state index in [1.165, 1.54) is 22.3 Å². The first-order valence-corrected chi connectivity index (χ1v) is 10.7. The Hall–Kier alpha value is -2.86. The molecule has 1 aliphatic heterocycles. The smallest absolute Gasteiger partial charge is 0.409 e. The zero-order valence-corrected chi connectivity index (χ0v) is 16.9. The van der Waals surface area contributed by atoms with Gasteiger partial charge in [0, 0.05) is 32.1 Å². The average Bonchev–Trinajstić information content (AvgIpc) is 3.54. The minimum absolute atomic E-state index is 0.0478. The molecule has 0 bridgehead atoms. The molecule has 6 heteroatoms. The van der Waals surface area contributed by atoms with Crippen molar-refractivity contribution < 1.29 is 19.4 Å². The number of ether oxygens (including phenoxy) is 1. The Balaban J connectivity index is 1.24. The lowest BCUT2D eigenvalue weighted by molar-refractivity contribution is -0.145. The van der Waals surface area contributed by atoms with Crippen molar-refractivity contribution in [2.75, 3.05) is 32.8 Å². The van der Waals surface area contributed by atoms with E-state index in [9.17, 15) is 14.7 Å². The van der Waals surface area contributed by atoms with Gasteiger partial charge in [0.2, 0.25) is 0 Å². The molecule has 2 aliphatic carbocycles. The lowest BCUT2D eigenvalue weighted by Crippen LogP contribution is -2.45. The van der Waals surface area contributed by atoms with Crippen molar-refractivity contribution in [2.45, 2.75) is 30.7 Å². The molecule has 156 valence electrons. The third kappa shape index (κ3) is 3.16. The molecule has 1 saturated heterocycles. The van der Waals surface area contributed by atoms with Gasteiger partial charge < -0.3 is 14.7 Å². The fraction of sp³-hybridized carbons (Fsp3) is 0.417. The van der Waals surface area contributed by atoms with Gasteiger partial charge in [0.05, 0.1) is 0 Å². The Morgan fingerprint density at radius 1 is 0.933 bits per heavy atom. The molecule has 30 heavy (non-hydrogen) atoms. The fourth-order valence-corrected chi connectivity index (χ4v) is 5.00. The highest BCUT2D eigenvalue weighted by atomic mass is 16.6. The van der Waals surface area contributed by atoms with Crippen molar-refractivity contribution in [2.24, 2.45) is 0 Å². The third-order valence-corrected chi connectivity index (χ3v) is 6.82. The topological polar surface area (TPSA) is 70.1 Å². The van der Waals surface area contributed by atoms with Crippen molar-refractivity contribution in [1.82, 2.24) is 9.80 Å². The van der Waals surface area contributed by atoms with Crippen molar-refractivity contribution >= 4 is 12.1 Å². The van der Waals surface area contributed by atoms with E-state index in [0.717, 1.165) is 6.42 Å². The Morgan fingerprint density at radius 3 is 2.17 bits per heavy atom. The van der Waals surface area contributed by atoms with Gasteiger partial charge in [-0.1, -0.05) is 48.5 Å². The van der Waals surface area contributed by atoms with Gasteiger partial charge in [-0.2, -0.15) is 0 Å². The predicted octanol–water partition coefficient (Wildman–Crippen LogP) is 3.56. The van der Waals surface area contributed by atoms with Gasteiger partial charge in [0.15, 0.2) is 0 Å². The zero-order valence-electron chi connectivity index (χ0n) is 16.9. The minimum Gasteiger partial charge on any atom is -0.480 e. The van der Waals surface area contributed by atoms with Crippen LogP contribution in [0.5, 0.6) is 0 Å². The molecule has 1 amide bonds. The number of rotatable bonds is 4.